The molecule has 0 atom stereocenters. The van der Waals surface area contributed by atoms with Crippen LogP contribution in [0.5, 0.6) is 0 Å². The highest BCUT2D eigenvalue weighted by Gasteiger charge is 2.31. The number of aromatic nitrogens is 2. The van der Waals surface area contributed by atoms with Crippen LogP contribution in [0.2, 0.25) is 0 Å². The summed E-state index contributed by atoms with van der Waals surface area (Å²) in [5.74, 6) is 1.17. The van der Waals surface area contributed by atoms with E-state index in [1.807, 2.05) is 6.07 Å². The van der Waals surface area contributed by atoms with Crippen molar-refractivity contribution in [3.05, 3.63) is 48.0 Å². The van der Waals surface area contributed by atoms with E-state index in [0.717, 1.165) is 18.7 Å². The second-order valence-electron chi connectivity index (χ2n) is 5.26. The molecule has 114 valence electrons. The third-order valence-electron chi connectivity index (χ3n) is 3.99. The molecule has 1 fully saturated rings. The van der Waals surface area contributed by atoms with Crippen molar-refractivity contribution < 1.29 is 8.42 Å². The van der Waals surface area contributed by atoms with Gasteiger partial charge in [-0.05, 0) is 25.0 Å². The molecule has 1 N–H and O–H groups in total. The Bertz CT molecular complexity index is 785. The molecule has 1 saturated heterocycles. The summed E-state index contributed by atoms with van der Waals surface area (Å²) in [4.78, 5) is 7.43. The highest BCUT2D eigenvalue weighted by atomic mass is 32.2. The van der Waals surface area contributed by atoms with Gasteiger partial charge >= 0.3 is 0 Å². The quantitative estimate of drug-likeness (QED) is 0.935. The molecule has 0 bridgehead atoms. The zero-order valence-corrected chi connectivity index (χ0v) is 12.8. The first-order valence-corrected chi connectivity index (χ1v) is 8.55. The summed E-state index contributed by atoms with van der Waals surface area (Å²) < 4.78 is 26.9. The number of aromatic amines is 1. The van der Waals surface area contributed by atoms with Crippen molar-refractivity contribution in [2.75, 3.05) is 13.1 Å². The Hall–Kier alpha value is -2.17. The van der Waals surface area contributed by atoms with Crippen molar-refractivity contribution in [1.82, 2.24) is 14.3 Å². The summed E-state index contributed by atoms with van der Waals surface area (Å²) >= 11 is 0. The van der Waals surface area contributed by atoms with Gasteiger partial charge in [0, 0.05) is 31.4 Å². The SMILES string of the molecule is N#Cc1ccccc1S(=O)(=O)N1CCC(c2ncc[nH]2)CC1. The van der Waals surface area contributed by atoms with Gasteiger partial charge in [0.05, 0.1) is 10.5 Å². The summed E-state index contributed by atoms with van der Waals surface area (Å²) in [6, 6.07) is 8.28. The summed E-state index contributed by atoms with van der Waals surface area (Å²) in [5, 5.41) is 9.10. The van der Waals surface area contributed by atoms with E-state index >= 15 is 0 Å². The number of nitrogens with one attached hydrogen (secondary N) is 1. The van der Waals surface area contributed by atoms with Crippen molar-refractivity contribution in [2.45, 2.75) is 23.7 Å². The molecule has 0 aliphatic carbocycles. The predicted octanol–water partition coefficient (Wildman–Crippen LogP) is 1.85. The zero-order valence-electron chi connectivity index (χ0n) is 11.9. The molecular weight excluding hydrogens is 300 g/mol. The Morgan fingerprint density at radius 1 is 1.27 bits per heavy atom. The third kappa shape index (κ3) is 2.63. The molecule has 1 aromatic carbocycles. The molecule has 0 radical (unpaired) electrons. The van der Waals surface area contributed by atoms with Crippen LogP contribution >= 0.6 is 0 Å². The van der Waals surface area contributed by atoms with Gasteiger partial charge in [-0.3, -0.25) is 0 Å². The Morgan fingerprint density at radius 2 is 2.00 bits per heavy atom. The van der Waals surface area contributed by atoms with E-state index in [9.17, 15) is 8.42 Å². The second-order valence-corrected chi connectivity index (χ2v) is 7.17. The van der Waals surface area contributed by atoms with Crippen LogP contribution in [-0.4, -0.2) is 35.8 Å². The smallest absolute Gasteiger partial charge is 0.244 e. The first-order chi connectivity index (χ1) is 10.6. The normalized spacial score (nSPS) is 17.2. The van der Waals surface area contributed by atoms with Gasteiger partial charge in [0.1, 0.15) is 11.9 Å². The summed E-state index contributed by atoms with van der Waals surface area (Å²) in [6.45, 7) is 0.876. The molecule has 6 nitrogen and oxygen atoms in total. The predicted molar refractivity (Wildman–Crippen MR) is 80.5 cm³/mol. The standard InChI is InChI=1S/C15H16N4O2S/c16-11-13-3-1-2-4-14(13)22(20,21)19-9-5-12(6-10-19)15-17-7-8-18-15/h1-4,7-8,12H,5-6,9-10H2,(H,17,18). The molecule has 0 spiro atoms. The van der Waals surface area contributed by atoms with Crippen molar-refractivity contribution in [3.63, 3.8) is 0 Å². The fourth-order valence-electron chi connectivity index (χ4n) is 2.79. The fourth-order valence-corrected chi connectivity index (χ4v) is 4.41. The van der Waals surface area contributed by atoms with Crippen LogP contribution < -0.4 is 0 Å². The average molecular weight is 316 g/mol. The number of imidazole rings is 1. The van der Waals surface area contributed by atoms with E-state index in [1.54, 1.807) is 24.5 Å². The lowest BCUT2D eigenvalue weighted by Gasteiger charge is -2.30. The van der Waals surface area contributed by atoms with Crippen LogP contribution in [0.4, 0.5) is 0 Å². The lowest BCUT2D eigenvalue weighted by molar-refractivity contribution is 0.314. The Kier molecular flexibility index (Phi) is 3.96. The van der Waals surface area contributed by atoms with Crippen molar-refractivity contribution in [2.24, 2.45) is 0 Å². The Morgan fingerprint density at radius 3 is 2.64 bits per heavy atom. The van der Waals surface area contributed by atoms with Crippen LogP contribution in [0, 0.1) is 11.3 Å². The minimum absolute atomic E-state index is 0.0916. The van der Waals surface area contributed by atoms with E-state index in [-0.39, 0.29) is 16.4 Å². The number of piperidine rings is 1. The van der Waals surface area contributed by atoms with Gasteiger partial charge in [-0.15, -0.1) is 0 Å². The molecule has 7 heteroatoms. The average Bonchev–Trinajstić information content (AvgIpc) is 3.09. The van der Waals surface area contributed by atoms with E-state index < -0.39 is 10.0 Å². The van der Waals surface area contributed by atoms with Gasteiger partial charge in [-0.2, -0.15) is 9.57 Å². The van der Waals surface area contributed by atoms with Crippen LogP contribution in [-0.2, 0) is 10.0 Å². The van der Waals surface area contributed by atoms with Gasteiger partial charge in [0.2, 0.25) is 10.0 Å². The number of sulfonamides is 1. The van der Waals surface area contributed by atoms with Gasteiger partial charge in [-0.1, -0.05) is 12.1 Å². The maximum absolute atomic E-state index is 12.7. The lowest BCUT2D eigenvalue weighted by Crippen LogP contribution is -2.38. The van der Waals surface area contributed by atoms with Crippen LogP contribution in [0.25, 0.3) is 0 Å². The number of nitriles is 1. The van der Waals surface area contributed by atoms with Crippen molar-refractivity contribution >= 4 is 10.0 Å². The minimum atomic E-state index is -3.62. The molecule has 22 heavy (non-hydrogen) atoms. The number of nitrogens with zero attached hydrogens (tertiary/aromatic N) is 3. The Balaban J connectivity index is 1.79. The summed E-state index contributed by atoms with van der Waals surface area (Å²) in [5.41, 5.74) is 0.190. The Labute approximate surface area is 129 Å². The number of rotatable bonds is 3. The molecule has 0 saturated carbocycles. The van der Waals surface area contributed by atoms with Gasteiger partial charge < -0.3 is 4.98 Å². The van der Waals surface area contributed by atoms with E-state index in [2.05, 4.69) is 9.97 Å². The van der Waals surface area contributed by atoms with Crippen LogP contribution in [0.3, 0.4) is 0 Å². The molecule has 2 aromatic rings. The molecular formula is C15H16N4O2S. The van der Waals surface area contributed by atoms with E-state index in [4.69, 9.17) is 5.26 Å². The molecule has 0 amide bonds. The lowest BCUT2D eigenvalue weighted by atomic mass is 9.98. The number of hydrogen-bond donors (Lipinski definition) is 1. The topological polar surface area (TPSA) is 89.8 Å². The first-order valence-electron chi connectivity index (χ1n) is 7.11. The summed E-state index contributed by atoms with van der Waals surface area (Å²) in [7, 11) is -3.62. The number of benzene rings is 1. The highest BCUT2D eigenvalue weighted by molar-refractivity contribution is 7.89. The maximum Gasteiger partial charge on any atom is 0.244 e. The van der Waals surface area contributed by atoms with Crippen molar-refractivity contribution in [3.8, 4) is 6.07 Å². The van der Waals surface area contributed by atoms with Gasteiger partial charge in [-0.25, -0.2) is 13.4 Å². The molecule has 1 aromatic heterocycles. The monoisotopic (exact) mass is 316 g/mol. The summed E-state index contributed by atoms with van der Waals surface area (Å²) in [6.07, 6.45) is 4.94. The van der Waals surface area contributed by atoms with Crippen molar-refractivity contribution in [1.29, 1.82) is 5.26 Å². The van der Waals surface area contributed by atoms with Crippen LogP contribution in [0.1, 0.15) is 30.1 Å². The van der Waals surface area contributed by atoms with Gasteiger partial charge in [0.25, 0.3) is 0 Å². The second kappa shape index (κ2) is 5.91. The van der Waals surface area contributed by atoms with E-state index in [1.165, 1.54) is 16.4 Å². The molecule has 2 heterocycles. The largest absolute Gasteiger partial charge is 0.348 e. The van der Waals surface area contributed by atoms with Crippen LogP contribution in [0.15, 0.2) is 41.6 Å². The fraction of sp³-hybridized carbons (Fsp3) is 0.333. The molecule has 1 aliphatic rings. The first kappa shape index (κ1) is 14.8. The molecule has 0 unspecified atom stereocenters. The molecule has 1 aliphatic heterocycles. The number of hydrogen-bond acceptors (Lipinski definition) is 4. The number of H-pyrrole nitrogens is 1. The minimum Gasteiger partial charge on any atom is -0.348 e. The molecule has 3 rings (SSSR count). The highest BCUT2D eigenvalue weighted by Crippen LogP contribution is 2.29. The van der Waals surface area contributed by atoms with Gasteiger partial charge in [0.15, 0.2) is 0 Å². The third-order valence-corrected chi connectivity index (χ3v) is 5.94. The maximum atomic E-state index is 12.7. The zero-order chi connectivity index (χ0) is 15.6. The van der Waals surface area contributed by atoms with E-state index in [0.29, 0.717) is 13.1 Å².